The lowest BCUT2D eigenvalue weighted by molar-refractivity contribution is 0.00578. The van der Waals surface area contributed by atoms with Crippen molar-refractivity contribution in [2.75, 3.05) is 0 Å². The van der Waals surface area contributed by atoms with Crippen LogP contribution in [0, 0.1) is 0 Å². The summed E-state index contributed by atoms with van der Waals surface area (Å²) in [6.07, 6.45) is 4.39. The highest BCUT2D eigenvalue weighted by molar-refractivity contribution is 6.74. The highest BCUT2D eigenvalue weighted by Crippen LogP contribution is 2.41. The smallest absolute Gasteiger partial charge is 0.412 e. The maximum absolute atomic E-state index is 13.8. The summed E-state index contributed by atoms with van der Waals surface area (Å²) >= 11 is 0. The van der Waals surface area contributed by atoms with Gasteiger partial charge >= 0.3 is 7.12 Å². The minimum Gasteiger partial charge on any atom is -0.412 e. The lowest BCUT2D eigenvalue weighted by Crippen LogP contribution is -2.43. The van der Waals surface area contributed by atoms with E-state index in [-0.39, 0.29) is 10.6 Å². The number of hydrogen-bond acceptors (Lipinski definition) is 4. The fourth-order valence-electron chi connectivity index (χ4n) is 4.76. The van der Waals surface area contributed by atoms with Gasteiger partial charge in [0, 0.05) is 17.1 Å². The molecule has 0 amide bonds. The Kier molecular flexibility index (Phi) is 6.62. The molecule has 5 nitrogen and oxygen atoms in total. The van der Waals surface area contributed by atoms with Crippen molar-refractivity contribution in [2.24, 2.45) is 0 Å². The minimum absolute atomic E-state index is 0.0236. The summed E-state index contributed by atoms with van der Waals surface area (Å²) in [5.41, 5.74) is 3.04. The molecule has 0 atom stereocenters. The fourth-order valence-corrected chi connectivity index (χ4v) is 5.70. The first kappa shape index (κ1) is 27.4. The molecule has 2 aliphatic rings. The van der Waals surface area contributed by atoms with E-state index in [9.17, 15) is 4.79 Å². The molecule has 0 radical (unpaired) electrons. The first-order valence-corrected chi connectivity index (χ1v) is 16.8. The van der Waals surface area contributed by atoms with Gasteiger partial charge in [0.05, 0.1) is 23.5 Å². The van der Waals surface area contributed by atoms with Crippen LogP contribution in [0.2, 0.25) is 18.1 Å². The van der Waals surface area contributed by atoms with Crippen molar-refractivity contribution in [1.29, 1.82) is 0 Å². The zero-order chi connectivity index (χ0) is 27.7. The molecule has 0 bridgehead atoms. The summed E-state index contributed by atoms with van der Waals surface area (Å²) < 4.78 is 21.4. The van der Waals surface area contributed by atoms with Gasteiger partial charge in [0.1, 0.15) is 0 Å². The third-order valence-corrected chi connectivity index (χ3v) is 13.8. The molecular weight excluding hydrogens is 489 g/mol. The van der Waals surface area contributed by atoms with Gasteiger partial charge in [-0.25, -0.2) is 0 Å². The van der Waals surface area contributed by atoms with Gasteiger partial charge in [-0.15, -0.1) is 0 Å². The zero-order valence-electron chi connectivity index (χ0n) is 24.5. The van der Waals surface area contributed by atoms with E-state index in [2.05, 4.69) is 79.8 Å². The average Bonchev–Trinajstić information content (AvgIpc) is 3.64. The van der Waals surface area contributed by atoms with E-state index in [4.69, 9.17) is 13.7 Å². The van der Waals surface area contributed by atoms with E-state index in [1.807, 2.05) is 30.5 Å². The molecule has 2 fully saturated rings. The first-order chi connectivity index (χ1) is 17.6. The lowest BCUT2D eigenvalue weighted by atomic mass is 9.75. The summed E-state index contributed by atoms with van der Waals surface area (Å²) in [7, 11) is -2.61. The largest absolute Gasteiger partial charge is 0.495 e. The molecule has 0 N–H and O–H groups in total. The van der Waals surface area contributed by atoms with Crippen molar-refractivity contribution in [3.05, 3.63) is 70.1 Å². The number of pyridine rings is 1. The number of rotatable bonds is 6. The molecule has 38 heavy (non-hydrogen) atoms. The van der Waals surface area contributed by atoms with Gasteiger partial charge in [-0.2, -0.15) is 0 Å². The van der Waals surface area contributed by atoms with E-state index in [1.165, 1.54) is 18.4 Å². The van der Waals surface area contributed by atoms with Crippen LogP contribution < -0.4 is 11.0 Å². The van der Waals surface area contributed by atoms with Crippen LogP contribution in [0.4, 0.5) is 0 Å². The third kappa shape index (κ3) is 4.83. The summed E-state index contributed by atoms with van der Waals surface area (Å²) in [6, 6.07) is 14.4. The van der Waals surface area contributed by atoms with Crippen LogP contribution in [0.25, 0.3) is 16.5 Å². The van der Waals surface area contributed by atoms with Gasteiger partial charge in [0.2, 0.25) is 0 Å². The summed E-state index contributed by atoms with van der Waals surface area (Å²) in [5.74, 6) is 0.650. The van der Waals surface area contributed by atoms with Crippen molar-refractivity contribution in [3.63, 3.8) is 0 Å². The third-order valence-electron chi connectivity index (χ3n) is 9.31. The molecule has 2 heterocycles. The van der Waals surface area contributed by atoms with Gasteiger partial charge in [0.25, 0.3) is 5.56 Å². The van der Waals surface area contributed by atoms with Crippen LogP contribution >= 0.6 is 0 Å². The maximum atomic E-state index is 13.8. The normalized spacial score (nSPS) is 19.3. The standard InChI is InChI=1S/C31H42BNO4Si/c1-29(2,3)38(8,9)35-20-25-26(32-36-30(4,5)31(6,7)37-32)11-10-12-27(25)33-18-17-23-19-22(21-13-14-21)15-16-24(23)28(33)34/h10-12,15-19,21H,13-14,20H2,1-9H3. The van der Waals surface area contributed by atoms with Crippen LogP contribution in [0.3, 0.4) is 0 Å². The van der Waals surface area contributed by atoms with Gasteiger partial charge in [0.15, 0.2) is 8.32 Å². The van der Waals surface area contributed by atoms with Crippen molar-refractivity contribution in [3.8, 4) is 5.69 Å². The Balaban J connectivity index is 1.62. The van der Waals surface area contributed by atoms with Gasteiger partial charge in [-0.05, 0) is 99.2 Å². The number of hydrogen-bond donors (Lipinski definition) is 0. The highest BCUT2D eigenvalue weighted by atomic mass is 28.4. The van der Waals surface area contributed by atoms with Crippen molar-refractivity contribution in [2.45, 2.75) is 103 Å². The highest BCUT2D eigenvalue weighted by Gasteiger charge is 2.52. The number of benzene rings is 2. The van der Waals surface area contributed by atoms with Crippen molar-refractivity contribution < 1.29 is 13.7 Å². The van der Waals surface area contributed by atoms with E-state index >= 15 is 0 Å². The Morgan fingerprint density at radius 1 is 1.03 bits per heavy atom. The maximum Gasteiger partial charge on any atom is 0.495 e. The van der Waals surface area contributed by atoms with Crippen LogP contribution in [0.1, 0.15) is 78.4 Å². The number of aromatic nitrogens is 1. The molecule has 1 aliphatic heterocycles. The molecule has 5 rings (SSSR count). The van der Waals surface area contributed by atoms with Crippen LogP contribution in [-0.4, -0.2) is 31.2 Å². The Hall–Kier alpha value is -2.19. The van der Waals surface area contributed by atoms with Crippen LogP contribution in [0.15, 0.2) is 53.5 Å². The molecule has 2 aromatic carbocycles. The lowest BCUT2D eigenvalue weighted by Gasteiger charge is -2.36. The van der Waals surface area contributed by atoms with Crippen LogP contribution in [0.5, 0.6) is 0 Å². The number of nitrogens with zero attached hydrogens (tertiary/aromatic N) is 1. The predicted molar refractivity (Wildman–Crippen MR) is 159 cm³/mol. The second kappa shape index (κ2) is 9.19. The van der Waals surface area contributed by atoms with Crippen LogP contribution in [-0.2, 0) is 20.3 Å². The Labute approximate surface area is 228 Å². The summed E-state index contributed by atoms with van der Waals surface area (Å²) in [5, 5.41) is 1.79. The fraction of sp³-hybridized carbons (Fsp3) is 0.516. The molecule has 0 spiro atoms. The first-order valence-electron chi connectivity index (χ1n) is 13.9. The Morgan fingerprint density at radius 2 is 1.68 bits per heavy atom. The second-order valence-corrected chi connectivity index (χ2v) is 18.4. The monoisotopic (exact) mass is 531 g/mol. The molecule has 7 heteroatoms. The molecular formula is C31H42BNO4Si. The van der Waals surface area contributed by atoms with E-state index < -0.39 is 26.6 Å². The van der Waals surface area contributed by atoms with Gasteiger partial charge in [-0.1, -0.05) is 45.0 Å². The second-order valence-electron chi connectivity index (χ2n) is 13.6. The zero-order valence-corrected chi connectivity index (χ0v) is 25.5. The number of fused-ring (bicyclic) bond motifs is 1. The molecule has 3 aromatic rings. The summed E-state index contributed by atoms with van der Waals surface area (Å²) in [6.45, 7) is 19.9. The molecule has 1 aromatic heterocycles. The minimum atomic E-state index is -2.07. The molecule has 202 valence electrons. The van der Waals surface area contributed by atoms with Crippen molar-refractivity contribution in [1.82, 2.24) is 4.57 Å². The Bertz CT molecular complexity index is 1420. The topological polar surface area (TPSA) is 49.7 Å². The average molecular weight is 532 g/mol. The van der Waals surface area contributed by atoms with Crippen molar-refractivity contribution >= 4 is 31.7 Å². The molecule has 1 aliphatic carbocycles. The van der Waals surface area contributed by atoms with E-state index in [0.717, 1.165) is 27.5 Å². The quantitative estimate of drug-likeness (QED) is 0.333. The Morgan fingerprint density at radius 3 is 2.29 bits per heavy atom. The molecule has 1 saturated carbocycles. The predicted octanol–water partition coefficient (Wildman–Crippen LogP) is 6.69. The van der Waals surface area contributed by atoms with Gasteiger partial charge < -0.3 is 13.7 Å². The van der Waals surface area contributed by atoms with E-state index in [0.29, 0.717) is 12.5 Å². The molecule has 1 saturated heterocycles. The van der Waals surface area contributed by atoms with Gasteiger partial charge in [-0.3, -0.25) is 9.36 Å². The SMILES string of the molecule is CC1(C)OB(c2cccc(-n3ccc4cc(C5CC5)ccc4c3=O)c2CO[Si](C)(C)C(C)(C)C)OC1(C)C. The van der Waals surface area contributed by atoms with E-state index in [1.54, 1.807) is 4.57 Å². The molecule has 0 unspecified atom stereocenters. The summed E-state index contributed by atoms with van der Waals surface area (Å²) in [4.78, 5) is 13.8.